The van der Waals surface area contributed by atoms with E-state index in [1.165, 1.54) is 4.31 Å². The van der Waals surface area contributed by atoms with E-state index in [4.69, 9.17) is 4.52 Å². The van der Waals surface area contributed by atoms with Crippen molar-refractivity contribution in [2.45, 2.75) is 44.0 Å². The van der Waals surface area contributed by atoms with Crippen LogP contribution in [0.3, 0.4) is 0 Å². The van der Waals surface area contributed by atoms with Gasteiger partial charge in [0.25, 0.3) is 5.91 Å². The molecule has 2 aromatic rings. The highest BCUT2D eigenvalue weighted by Crippen LogP contribution is 2.37. The van der Waals surface area contributed by atoms with E-state index in [-0.39, 0.29) is 41.6 Å². The van der Waals surface area contributed by atoms with Crippen LogP contribution in [0.5, 0.6) is 0 Å². The predicted octanol–water partition coefficient (Wildman–Crippen LogP) is 1.75. The summed E-state index contributed by atoms with van der Waals surface area (Å²) in [6.45, 7) is 5.25. The molecule has 10 nitrogen and oxygen atoms in total. The quantitative estimate of drug-likeness (QED) is 0.722. The first kappa shape index (κ1) is 21.9. The van der Waals surface area contributed by atoms with Crippen molar-refractivity contribution in [2.24, 2.45) is 0 Å². The molecule has 3 aliphatic heterocycles. The van der Waals surface area contributed by atoms with Crippen LogP contribution in [0.4, 0.5) is 11.4 Å². The van der Waals surface area contributed by atoms with Crippen molar-refractivity contribution < 1.29 is 22.5 Å². The first-order valence-electron chi connectivity index (χ1n) is 11.2. The van der Waals surface area contributed by atoms with Gasteiger partial charge in [-0.25, -0.2) is 8.42 Å². The van der Waals surface area contributed by atoms with E-state index in [0.717, 1.165) is 25.1 Å². The zero-order valence-corrected chi connectivity index (χ0v) is 19.5. The largest absolute Gasteiger partial charge is 0.360 e. The van der Waals surface area contributed by atoms with E-state index in [1.807, 2.05) is 6.07 Å². The Kier molecular flexibility index (Phi) is 5.40. The van der Waals surface area contributed by atoms with Gasteiger partial charge in [0.15, 0.2) is 5.76 Å². The van der Waals surface area contributed by atoms with Crippen LogP contribution in [0.2, 0.25) is 0 Å². The maximum atomic E-state index is 13.2. The molecule has 0 saturated carbocycles. The van der Waals surface area contributed by atoms with Crippen LogP contribution >= 0.6 is 0 Å². The van der Waals surface area contributed by atoms with Crippen molar-refractivity contribution in [3.05, 3.63) is 35.2 Å². The van der Waals surface area contributed by atoms with Crippen LogP contribution in [0, 0.1) is 13.8 Å². The number of benzene rings is 1. The van der Waals surface area contributed by atoms with E-state index < -0.39 is 10.0 Å². The number of rotatable bonds is 3. The maximum absolute atomic E-state index is 13.2. The average molecular weight is 474 g/mol. The molecule has 1 atom stereocenters. The third-order valence-electron chi connectivity index (χ3n) is 6.67. The summed E-state index contributed by atoms with van der Waals surface area (Å²) in [7, 11) is -3.76. The predicted molar refractivity (Wildman–Crippen MR) is 121 cm³/mol. The molecule has 1 aromatic carbocycles. The fourth-order valence-corrected chi connectivity index (χ4v) is 6.82. The zero-order valence-electron chi connectivity index (χ0n) is 18.7. The van der Waals surface area contributed by atoms with Crippen LogP contribution in [0.1, 0.15) is 41.1 Å². The summed E-state index contributed by atoms with van der Waals surface area (Å²) in [5.41, 5.74) is 2.41. The van der Waals surface area contributed by atoms with Gasteiger partial charge < -0.3 is 19.6 Å². The molecule has 11 heteroatoms. The number of fused-ring (bicyclic) bond motifs is 3. The van der Waals surface area contributed by atoms with E-state index in [1.54, 1.807) is 30.9 Å². The molecule has 0 spiro atoms. The Morgan fingerprint density at radius 1 is 1.12 bits per heavy atom. The van der Waals surface area contributed by atoms with Gasteiger partial charge in [-0.15, -0.1) is 0 Å². The van der Waals surface area contributed by atoms with Crippen molar-refractivity contribution in [3.63, 3.8) is 0 Å². The topological polar surface area (TPSA) is 116 Å². The van der Waals surface area contributed by atoms with Gasteiger partial charge in [0, 0.05) is 38.3 Å². The molecule has 0 aliphatic carbocycles. The third kappa shape index (κ3) is 3.68. The number of carbonyl (C=O) groups is 2. The van der Waals surface area contributed by atoms with E-state index in [0.29, 0.717) is 36.5 Å². The molecule has 1 N–H and O–H groups in total. The van der Waals surface area contributed by atoms with Crippen molar-refractivity contribution >= 4 is 33.2 Å². The molecule has 1 unspecified atom stereocenters. The van der Waals surface area contributed by atoms with Gasteiger partial charge in [-0.2, -0.15) is 4.31 Å². The SMILES string of the molecule is Cc1noc(C)c1S(=O)(=O)N1CCCN(C(=O)c2ccc3c(c2)NC(=O)C2CCCN32)CC1. The number of amides is 2. The number of carbonyl (C=O) groups excluding carboxylic acids is 2. The summed E-state index contributed by atoms with van der Waals surface area (Å²) in [6, 6.07) is 5.28. The van der Waals surface area contributed by atoms with Crippen molar-refractivity contribution in [1.29, 1.82) is 0 Å². The standard InChI is InChI=1S/C22H27N5O5S/c1-14-20(15(2)32-24-14)33(30,31)26-9-4-8-25(11-12-26)22(29)16-6-7-18-17(13-16)23-21(28)19-5-3-10-27(18)19/h6-7,13,19H,3-5,8-12H2,1-2H3,(H,23,28). The third-order valence-corrected chi connectivity index (χ3v) is 8.82. The highest BCUT2D eigenvalue weighted by molar-refractivity contribution is 7.89. The summed E-state index contributed by atoms with van der Waals surface area (Å²) in [4.78, 5) is 29.5. The lowest BCUT2D eigenvalue weighted by Crippen LogP contribution is -2.44. The zero-order chi connectivity index (χ0) is 23.3. The van der Waals surface area contributed by atoms with E-state index >= 15 is 0 Å². The lowest BCUT2D eigenvalue weighted by molar-refractivity contribution is -0.117. The second-order valence-corrected chi connectivity index (χ2v) is 10.7. The summed E-state index contributed by atoms with van der Waals surface area (Å²) >= 11 is 0. The Morgan fingerprint density at radius 2 is 1.94 bits per heavy atom. The highest BCUT2D eigenvalue weighted by atomic mass is 32.2. The van der Waals surface area contributed by atoms with Crippen LogP contribution in [0.15, 0.2) is 27.6 Å². The molecule has 2 amide bonds. The van der Waals surface area contributed by atoms with Crippen LogP contribution in [-0.2, 0) is 14.8 Å². The average Bonchev–Trinajstić information content (AvgIpc) is 3.32. The molecule has 5 rings (SSSR count). The Hall–Kier alpha value is -2.92. The normalized spacial score (nSPS) is 21.4. The monoisotopic (exact) mass is 473 g/mol. The number of sulfonamides is 1. The van der Waals surface area contributed by atoms with Gasteiger partial charge in [-0.1, -0.05) is 5.16 Å². The van der Waals surface area contributed by atoms with Gasteiger partial charge in [0.2, 0.25) is 15.9 Å². The summed E-state index contributed by atoms with van der Waals surface area (Å²) in [6.07, 6.45) is 2.33. The Balaban J connectivity index is 1.33. The van der Waals surface area contributed by atoms with Crippen molar-refractivity contribution in [3.8, 4) is 0 Å². The molecule has 2 saturated heterocycles. The minimum absolute atomic E-state index is 0.0282. The molecule has 176 valence electrons. The van der Waals surface area contributed by atoms with Gasteiger partial charge in [0.05, 0.1) is 11.4 Å². The van der Waals surface area contributed by atoms with Crippen molar-refractivity contribution in [2.75, 3.05) is 42.9 Å². The molecule has 3 aliphatic rings. The molecule has 0 bridgehead atoms. The fourth-order valence-electron chi connectivity index (χ4n) is 5.06. The van der Waals surface area contributed by atoms with Crippen LogP contribution < -0.4 is 10.2 Å². The Labute approximate surface area is 192 Å². The van der Waals surface area contributed by atoms with E-state index in [9.17, 15) is 18.0 Å². The van der Waals surface area contributed by atoms with Gasteiger partial charge in [0.1, 0.15) is 16.6 Å². The maximum Gasteiger partial charge on any atom is 0.253 e. The molecule has 33 heavy (non-hydrogen) atoms. The summed E-state index contributed by atoms with van der Waals surface area (Å²) in [5.74, 6) is 0.0627. The number of nitrogens with one attached hydrogen (secondary N) is 1. The Bertz CT molecular complexity index is 1200. The van der Waals surface area contributed by atoms with Crippen LogP contribution in [-0.4, -0.2) is 73.4 Å². The molecule has 1 aromatic heterocycles. The molecule has 2 fully saturated rings. The number of hydrogen-bond acceptors (Lipinski definition) is 7. The minimum Gasteiger partial charge on any atom is -0.360 e. The summed E-state index contributed by atoms with van der Waals surface area (Å²) < 4.78 is 32.7. The Morgan fingerprint density at radius 3 is 2.70 bits per heavy atom. The fraction of sp³-hybridized carbons (Fsp3) is 0.500. The molecular formula is C22H27N5O5S. The number of nitrogens with zero attached hydrogens (tertiary/aromatic N) is 4. The van der Waals surface area contributed by atoms with Gasteiger partial charge in [-0.3, -0.25) is 9.59 Å². The minimum atomic E-state index is -3.76. The van der Waals surface area contributed by atoms with E-state index in [2.05, 4.69) is 15.4 Å². The smallest absolute Gasteiger partial charge is 0.253 e. The lowest BCUT2D eigenvalue weighted by atomic mass is 10.1. The first-order valence-corrected chi connectivity index (χ1v) is 12.7. The molecular weight excluding hydrogens is 446 g/mol. The summed E-state index contributed by atoms with van der Waals surface area (Å²) in [5, 5.41) is 6.71. The number of anilines is 2. The second kappa shape index (κ2) is 8.14. The van der Waals surface area contributed by atoms with Crippen molar-refractivity contribution in [1.82, 2.24) is 14.4 Å². The molecule has 0 radical (unpaired) electrons. The van der Waals surface area contributed by atoms with Gasteiger partial charge >= 0.3 is 0 Å². The highest BCUT2D eigenvalue weighted by Gasteiger charge is 2.37. The lowest BCUT2D eigenvalue weighted by Gasteiger charge is -2.33. The van der Waals surface area contributed by atoms with Gasteiger partial charge in [-0.05, 0) is 51.3 Å². The number of aryl methyl sites for hydroxylation is 2. The second-order valence-electron chi connectivity index (χ2n) is 8.78. The van der Waals surface area contributed by atoms with Crippen LogP contribution in [0.25, 0.3) is 0 Å². The number of hydrogen-bond donors (Lipinski definition) is 1. The first-order chi connectivity index (χ1) is 15.8. The molecule has 4 heterocycles. The number of aromatic nitrogens is 1.